The molecule has 2 aromatic rings. The Balaban J connectivity index is 1.61. The van der Waals surface area contributed by atoms with Crippen molar-refractivity contribution in [2.45, 2.75) is 19.5 Å². The molecule has 0 radical (unpaired) electrons. The zero-order chi connectivity index (χ0) is 25.9. The van der Waals surface area contributed by atoms with Gasteiger partial charge in [0.25, 0.3) is 0 Å². The molecule has 2 aliphatic rings. The van der Waals surface area contributed by atoms with Crippen molar-refractivity contribution in [3.63, 3.8) is 0 Å². The van der Waals surface area contributed by atoms with Crippen molar-refractivity contribution < 1.29 is 36.9 Å². The number of hydrogen-bond acceptors (Lipinski definition) is 6. The van der Waals surface area contributed by atoms with E-state index in [4.69, 9.17) is 14.6 Å². The van der Waals surface area contributed by atoms with E-state index >= 15 is 0 Å². The van der Waals surface area contributed by atoms with E-state index in [0.717, 1.165) is 4.90 Å². The number of ether oxygens (including phenoxy) is 2. The molecular formula is C24H28F4N4O4. The molecule has 1 aromatic heterocycles. The number of nitrogens with zero attached hydrogens (tertiary/aromatic N) is 3. The second kappa shape index (κ2) is 10.9. The van der Waals surface area contributed by atoms with Crippen LogP contribution in [-0.2, 0) is 4.74 Å². The minimum absolute atomic E-state index is 0.0392. The van der Waals surface area contributed by atoms with E-state index in [0.29, 0.717) is 48.8 Å². The predicted octanol–water partition coefficient (Wildman–Crippen LogP) is 3.82. The lowest BCUT2D eigenvalue weighted by molar-refractivity contribution is -0.169. The molecule has 12 heteroatoms. The van der Waals surface area contributed by atoms with Gasteiger partial charge in [-0.3, -0.25) is 0 Å². The van der Waals surface area contributed by atoms with Crippen LogP contribution >= 0.6 is 0 Å². The molecule has 3 heterocycles. The fraction of sp³-hybridized carbons (Fsp3) is 0.500. The number of aliphatic hydroxyl groups is 1. The molecule has 0 spiro atoms. The number of rotatable bonds is 6. The number of alkyl halides is 3. The summed E-state index contributed by atoms with van der Waals surface area (Å²) in [5.41, 5.74) is 1.67. The van der Waals surface area contributed by atoms with Crippen molar-refractivity contribution >= 4 is 17.5 Å². The number of carbonyl (C=O) groups is 1. The average Bonchev–Trinajstić information content (AvgIpc) is 3.36. The van der Waals surface area contributed by atoms with Crippen LogP contribution in [0.1, 0.15) is 12.0 Å². The number of aromatic nitrogens is 1. The van der Waals surface area contributed by atoms with Crippen LogP contribution in [0.5, 0.6) is 5.88 Å². The lowest BCUT2D eigenvalue weighted by atomic mass is 10.00. The fourth-order valence-corrected chi connectivity index (χ4v) is 4.31. The van der Waals surface area contributed by atoms with E-state index in [1.807, 2.05) is 11.0 Å². The van der Waals surface area contributed by atoms with Gasteiger partial charge in [-0.15, -0.1) is 0 Å². The molecule has 2 aliphatic heterocycles. The molecule has 4 rings (SSSR count). The van der Waals surface area contributed by atoms with Crippen LogP contribution < -0.4 is 15.0 Å². The van der Waals surface area contributed by atoms with Crippen LogP contribution in [0.25, 0.3) is 11.1 Å². The first-order valence-electron chi connectivity index (χ1n) is 11.7. The highest BCUT2D eigenvalue weighted by atomic mass is 19.4. The monoisotopic (exact) mass is 512 g/mol. The zero-order valence-electron chi connectivity index (χ0n) is 19.8. The molecule has 1 atom stereocenters. The van der Waals surface area contributed by atoms with Gasteiger partial charge in [-0.05, 0) is 48.2 Å². The Morgan fingerprint density at radius 3 is 2.64 bits per heavy atom. The van der Waals surface area contributed by atoms with Crippen LogP contribution in [0.3, 0.4) is 0 Å². The zero-order valence-corrected chi connectivity index (χ0v) is 19.8. The third kappa shape index (κ3) is 5.98. The van der Waals surface area contributed by atoms with Crippen molar-refractivity contribution in [2.24, 2.45) is 5.92 Å². The highest BCUT2D eigenvalue weighted by Crippen LogP contribution is 2.35. The Morgan fingerprint density at radius 1 is 1.22 bits per heavy atom. The van der Waals surface area contributed by atoms with Crippen molar-refractivity contribution in [2.75, 3.05) is 62.8 Å². The molecule has 1 aromatic carbocycles. The molecule has 8 nitrogen and oxygen atoms in total. The van der Waals surface area contributed by atoms with E-state index in [1.165, 1.54) is 12.1 Å². The molecule has 0 aliphatic carbocycles. The Bertz CT molecular complexity index is 1090. The van der Waals surface area contributed by atoms with Crippen LogP contribution in [-0.4, -0.2) is 79.8 Å². The lowest BCUT2D eigenvalue weighted by Crippen LogP contribution is -2.36. The summed E-state index contributed by atoms with van der Waals surface area (Å²) in [6.45, 7) is 3.34. The summed E-state index contributed by atoms with van der Waals surface area (Å²) < 4.78 is 64.7. The summed E-state index contributed by atoms with van der Waals surface area (Å²) in [5, 5.41) is 11.6. The number of morpholine rings is 1. The van der Waals surface area contributed by atoms with Gasteiger partial charge in [-0.1, -0.05) is 0 Å². The van der Waals surface area contributed by atoms with Gasteiger partial charge in [0.05, 0.1) is 31.4 Å². The number of nitrogens with one attached hydrogen (secondary N) is 1. The Labute approximate surface area is 205 Å². The Morgan fingerprint density at radius 2 is 1.97 bits per heavy atom. The van der Waals surface area contributed by atoms with E-state index in [9.17, 15) is 22.4 Å². The van der Waals surface area contributed by atoms with Crippen molar-refractivity contribution in [3.05, 3.63) is 35.6 Å². The summed E-state index contributed by atoms with van der Waals surface area (Å²) in [5.74, 6) is -1.40. The van der Waals surface area contributed by atoms with E-state index in [2.05, 4.69) is 10.3 Å². The van der Waals surface area contributed by atoms with Crippen molar-refractivity contribution in [3.8, 4) is 17.0 Å². The standard InChI is InChI=1S/C24H28F4N4O4/c1-15-10-19(25)20(29-23(34)32-3-2-17(14-32)24(26,27)28)13-18(15)16-11-21(31-4-7-35-8-5-31)30-22(12-16)36-9-6-33/h10-13,17,33H,2-9,14H2,1H3,(H,29,34)/t17-/m1/s1. The predicted molar refractivity (Wildman–Crippen MR) is 125 cm³/mol. The van der Waals surface area contributed by atoms with Gasteiger partial charge >= 0.3 is 12.2 Å². The first-order chi connectivity index (χ1) is 17.2. The largest absolute Gasteiger partial charge is 0.475 e. The summed E-state index contributed by atoms with van der Waals surface area (Å²) in [7, 11) is 0. The maximum Gasteiger partial charge on any atom is 0.393 e. The normalized spacial score (nSPS) is 18.4. The van der Waals surface area contributed by atoms with E-state index in [1.54, 1.807) is 13.0 Å². The molecule has 2 amide bonds. The third-order valence-corrected chi connectivity index (χ3v) is 6.27. The number of urea groups is 1. The number of amides is 2. The van der Waals surface area contributed by atoms with Gasteiger partial charge in [-0.2, -0.15) is 18.2 Å². The first-order valence-corrected chi connectivity index (χ1v) is 11.7. The minimum Gasteiger partial charge on any atom is -0.475 e. The van der Waals surface area contributed by atoms with Crippen LogP contribution in [0.2, 0.25) is 0 Å². The van der Waals surface area contributed by atoms with Crippen LogP contribution in [0.15, 0.2) is 24.3 Å². The van der Waals surface area contributed by atoms with Crippen LogP contribution in [0, 0.1) is 18.7 Å². The van der Waals surface area contributed by atoms with Crippen molar-refractivity contribution in [1.82, 2.24) is 9.88 Å². The van der Waals surface area contributed by atoms with Gasteiger partial charge < -0.3 is 29.7 Å². The summed E-state index contributed by atoms with van der Waals surface area (Å²) >= 11 is 0. The molecule has 0 unspecified atom stereocenters. The maximum absolute atomic E-state index is 14.8. The fourth-order valence-electron chi connectivity index (χ4n) is 4.31. The van der Waals surface area contributed by atoms with Gasteiger partial charge in [0.2, 0.25) is 5.88 Å². The van der Waals surface area contributed by atoms with Crippen LogP contribution in [0.4, 0.5) is 33.9 Å². The number of likely N-dealkylation sites (tertiary alicyclic amines) is 1. The molecule has 196 valence electrons. The second-order valence-electron chi connectivity index (χ2n) is 8.77. The Kier molecular flexibility index (Phi) is 7.84. The molecular weight excluding hydrogens is 484 g/mol. The summed E-state index contributed by atoms with van der Waals surface area (Å²) in [6, 6.07) is 5.40. The maximum atomic E-state index is 14.8. The molecule has 0 saturated carbocycles. The minimum atomic E-state index is -4.38. The average molecular weight is 513 g/mol. The smallest absolute Gasteiger partial charge is 0.393 e. The van der Waals surface area contributed by atoms with Crippen molar-refractivity contribution in [1.29, 1.82) is 0 Å². The number of hydrogen-bond donors (Lipinski definition) is 2. The van der Waals surface area contributed by atoms with Gasteiger partial charge in [0.15, 0.2) is 0 Å². The molecule has 0 bridgehead atoms. The number of carbonyl (C=O) groups excluding carboxylic acids is 1. The van der Waals surface area contributed by atoms with Gasteiger partial charge in [0, 0.05) is 32.2 Å². The van der Waals surface area contributed by atoms with E-state index < -0.39 is 30.5 Å². The summed E-state index contributed by atoms with van der Waals surface area (Å²) in [4.78, 5) is 20.2. The van der Waals surface area contributed by atoms with Gasteiger partial charge in [-0.25, -0.2) is 9.18 Å². The molecule has 2 N–H and O–H groups in total. The third-order valence-electron chi connectivity index (χ3n) is 6.27. The number of pyridine rings is 1. The van der Waals surface area contributed by atoms with Gasteiger partial charge in [0.1, 0.15) is 18.2 Å². The highest BCUT2D eigenvalue weighted by Gasteiger charge is 2.44. The highest BCUT2D eigenvalue weighted by molar-refractivity contribution is 5.91. The molecule has 36 heavy (non-hydrogen) atoms. The number of aryl methyl sites for hydroxylation is 1. The summed E-state index contributed by atoms with van der Waals surface area (Å²) in [6.07, 6.45) is -4.57. The molecule has 2 fully saturated rings. The SMILES string of the molecule is Cc1cc(F)c(NC(=O)N2CC[C@@H](C(F)(F)F)C2)cc1-c1cc(OCCO)nc(N2CCOCC2)c1. The topological polar surface area (TPSA) is 87.2 Å². The second-order valence-corrected chi connectivity index (χ2v) is 8.77. The number of aliphatic hydroxyl groups excluding tert-OH is 1. The van der Waals surface area contributed by atoms with E-state index in [-0.39, 0.29) is 37.7 Å². The quantitative estimate of drug-likeness (QED) is 0.573. The Hall–Kier alpha value is -3.12. The number of halogens is 4. The first kappa shape index (κ1) is 26.0. The number of anilines is 2. The lowest BCUT2D eigenvalue weighted by Gasteiger charge is -2.28. The number of benzene rings is 1. The molecule has 2 saturated heterocycles.